The molecule has 1 aromatic rings. The van der Waals surface area contributed by atoms with Crippen LogP contribution in [-0.4, -0.2) is 32.5 Å². The Kier molecular flexibility index (Phi) is 5.03. The lowest BCUT2D eigenvalue weighted by Crippen LogP contribution is -2.53. The van der Waals surface area contributed by atoms with E-state index >= 15 is 0 Å². The van der Waals surface area contributed by atoms with Gasteiger partial charge in [-0.1, -0.05) is 12.5 Å². The molecule has 0 radical (unpaired) electrons. The van der Waals surface area contributed by atoms with Crippen molar-refractivity contribution in [2.45, 2.75) is 74.9 Å². The Morgan fingerprint density at radius 1 is 1.11 bits per heavy atom. The molecule has 3 aliphatic carbocycles. The fraction of sp³-hybridized carbons (Fsp3) is 0.650. The second kappa shape index (κ2) is 7.18. The monoisotopic (exact) mass is 391 g/mol. The van der Waals surface area contributed by atoms with Gasteiger partial charge in [-0.2, -0.15) is 0 Å². The number of rotatable bonds is 5. The average Bonchev–Trinajstić information content (AvgIpc) is 3.39. The van der Waals surface area contributed by atoms with Crippen molar-refractivity contribution in [3.8, 4) is 0 Å². The number of amides is 1. The minimum Gasteiger partial charge on any atom is -0.349 e. The highest BCUT2D eigenvalue weighted by molar-refractivity contribution is 7.89. The topological polar surface area (TPSA) is 101 Å². The molecule has 3 fully saturated rings. The summed E-state index contributed by atoms with van der Waals surface area (Å²) in [5.41, 5.74) is 7.41. The molecule has 0 aromatic heterocycles. The fourth-order valence-corrected chi connectivity index (χ4v) is 6.09. The van der Waals surface area contributed by atoms with Crippen molar-refractivity contribution < 1.29 is 13.2 Å². The second-order valence-electron chi connectivity index (χ2n) is 8.55. The lowest BCUT2D eigenvalue weighted by atomic mass is 9.67. The number of nitrogens with two attached hydrogens (primary N) is 1. The zero-order valence-electron chi connectivity index (χ0n) is 15.8. The van der Waals surface area contributed by atoms with Gasteiger partial charge < -0.3 is 11.1 Å². The Labute approximate surface area is 161 Å². The molecule has 0 spiro atoms. The van der Waals surface area contributed by atoms with E-state index in [0.717, 1.165) is 44.1 Å². The van der Waals surface area contributed by atoms with E-state index in [0.29, 0.717) is 17.4 Å². The molecule has 4 N–H and O–H groups in total. The summed E-state index contributed by atoms with van der Waals surface area (Å²) >= 11 is 0. The van der Waals surface area contributed by atoms with Crippen molar-refractivity contribution in [3.05, 3.63) is 29.3 Å². The molecule has 1 aromatic carbocycles. The fourth-order valence-electron chi connectivity index (χ4n) is 4.76. The van der Waals surface area contributed by atoms with E-state index < -0.39 is 10.0 Å². The first-order valence-electron chi connectivity index (χ1n) is 10.0. The zero-order valence-corrected chi connectivity index (χ0v) is 16.6. The summed E-state index contributed by atoms with van der Waals surface area (Å²) in [7, 11) is -3.57. The van der Waals surface area contributed by atoms with E-state index in [-0.39, 0.29) is 28.9 Å². The van der Waals surface area contributed by atoms with Crippen molar-refractivity contribution in [1.29, 1.82) is 0 Å². The van der Waals surface area contributed by atoms with Gasteiger partial charge in [-0.05, 0) is 75.0 Å². The largest absolute Gasteiger partial charge is 0.349 e. The highest BCUT2D eigenvalue weighted by atomic mass is 32.2. The Morgan fingerprint density at radius 2 is 1.78 bits per heavy atom. The summed E-state index contributed by atoms with van der Waals surface area (Å²) in [6, 6.07) is 5.23. The van der Waals surface area contributed by atoms with Crippen LogP contribution in [0.3, 0.4) is 0 Å². The summed E-state index contributed by atoms with van der Waals surface area (Å²) in [5, 5.41) is 3.22. The molecule has 2 unspecified atom stereocenters. The maximum Gasteiger partial charge on any atom is 0.251 e. The van der Waals surface area contributed by atoms with Gasteiger partial charge in [0.15, 0.2) is 0 Å². The van der Waals surface area contributed by atoms with Gasteiger partial charge in [-0.3, -0.25) is 4.79 Å². The van der Waals surface area contributed by atoms with Crippen LogP contribution in [0.2, 0.25) is 0 Å². The van der Waals surface area contributed by atoms with E-state index in [9.17, 15) is 13.2 Å². The van der Waals surface area contributed by atoms with Gasteiger partial charge in [-0.25, -0.2) is 13.1 Å². The highest BCUT2D eigenvalue weighted by Crippen LogP contribution is 2.39. The molecule has 1 amide bonds. The van der Waals surface area contributed by atoms with E-state index in [1.165, 1.54) is 12.5 Å². The first-order valence-corrected chi connectivity index (χ1v) is 11.5. The zero-order chi connectivity index (χ0) is 19.2. The van der Waals surface area contributed by atoms with Crippen LogP contribution in [0.1, 0.15) is 60.9 Å². The van der Waals surface area contributed by atoms with E-state index in [2.05, 4.69) is 10.0 Å². The smallest absolute Gasteiger partial charge is 0.251 e. The summed E-state index contributed by atoms with van der Waals surface area (Å²) in [4.78, 5) is 13.2. The Balaban J connectivity index is 1.54. The van der Waals surface area contributed by atoms with Crippen molar-refractivity contribution in [1.82, 2.24) is 10.0 Å². The van der Waals surface area contributed by atoms with Crippen LogP contribution >= 0.6 is 0 Å². The van der Waals surface area contributed by atoms with Crippen LogP contribution < -0.4 is 15.8 Å². The third kappa shape index (κ3) is 4.05. The lowest BCUT2D eigenvalue weighted by molar-refractivity contribution is 0.0755. The third-order valence-corrected chi connectivity index (χ3v) is 7.86. The summed E-state index contributed by atoms with van der Waals surface area (Å²) in [5.74, 6) is 0.689. The molecule has 148 valence electrons. The number of benzene rings is 1. The number of sulfonamides is 1. The van der Waals surface area contributed by atoms with Gasteiger partial charge in [-0.15, -0.1) is 0 Å². The number of fused-ring (bicyclic) bond motifs is 2. The first kappa shape index (κ1) is 18.9. The SMILES string of the molecule is Cc1ccc(S(=O)(=O)NC2CC2)cc1C(=O)NC1C2CCCC1CC(N)C2. The Bertz CT molecular complexity index is 821. The van der Waals surface area contributed by atoms with Crippen LogP contribution in [0.15, 0.2) is 23.1 Å². The molecular weight excluding hydrogens is 362 g/mol. The van der Waals surface area contributed by atoms with Crippen LogP contribution in [0.5, 0.6) is 0 Å². The standard InChI is InChI=1S/C20H29N3O3S/c1-12-5-8-17(27(25,26)23-16-6-7-16)11-18(12)20(24)22-19-13-3-2-4-14(19)10-15(21)9-13/h5,8,11,13-16,19,23H,2-4,6-7,9-10,21H2,1H3,(H,22,24). The van der Waals surface area contributed by atoms with Crippen LogP contribution in [0.25, 0.3) is 0 Å². The second-order valence-corrected chi connectivity index (χ2v) is 10.3. The van der Waals surface area contributed by atoms with Crippen molar-refractivity contribution in [2.75, 3.05) is 0 Å². The van der Waals surface area contributed by atoms with Crippen molar-refractivity contribution >= 4 is 15.9 Å². The Morgan fingerprint density at radius 3 is 2.41 bits per heavy atom. The molecule has 0 saturated heterocycles. The van der Waals surface area contributed by atoms with E-state index in [4.69, 9.17) is 5.73 Å². The summed E-state index contributed by atoms with van der Waals surface area (Å²) in [6.07, 6.45) is 7.09. The maximum absolute atomic E-state index is 13.0. The predicted octanol–water partition coefficient (Wildman–Crippen LogP) is 2.07. The van der Waals surface area contributed by atoms with Crippen LogP contribution in [0.4, 0.5) is 0 Å². The molecule has 3 saturated carbocycles. The lowest BCUT2D eigenvalue weighted by Gasteiger charge is -2.45. The molecule has 4 rings (SSSR count). The molecule has 0 aliphatic heterocycles. The van der Waals surface area contributed by atoms with Crippen molar-refractivity contribution in [3.63, 3.8) is 0 Å². The van der Waals surface area contributed by atoms with Gasteiger partial charge in [0.2, 0.25) is 10.0 Å². The summed E-state index contributed by atoms with van der Waals surface area (Å²) < 4.78 is 27.7. The number of hydrogen-bond acceptors (Lipinski definition) is 4. The Hall–Kier alpha value is -1.44. The maximum atomic E-state index is 13.0. The predicted molar refractivity (Wildman–Crippen MR) is 104 cm³/mol. The van der Waals surface area contributed by atoms with Gasteiger partial charge in [0.05, 0.1) is 4.90 Å². The van der Waals surface area contributed by atoms with E-state index in [1.54, 1.807) is 12.1 Å². The molecule has 0 heterocycles. The van der Waals surface area contributed by atoms with Crippen LogP contribution in [0, 0.1) is 18.8 Å². The van der Waals surface area contributed by atoms with E-state index in [1.807, 2.05) is 6.92 Å². The average molecular weight is 392 g/mol. The number of aryl methyl sites for hydroxylation is 1. The van der Waals surface area contributed by atoms with Gasteiger partial charge in [0.25, 0.3) is 5.91 Å². The first-order chi connectivity index (χ1) is 12.8. The molecule has 3 aliphatic rings. The molecule has 6 nitrogen and oxygen atoms in total. The number of hydrogen-bond donors (Lipinski definition) is 3. The molecule has 2 atom stereocenters. The minimum absolute atomic E-state index is 0.0411. The van der Waals surface area contributed by atoms with Crippen molar-refractivity contribution in [2.24, 2.45) is 17.6 Å². The normalized spacial score (nSPS) is 30.7. The van der Waals surface area contributed by atoms with Gasteiger partial charge in [0, 0.05) is 23.7 Å². The number of carbonyl (C=O) groups excluding carboxylic acids is 1. The van der Waals surface area contributed by atoms with Crippen LogP contribution in [-0.2, 0) is 10.0 Å². The molecule has 27 heavy (non-hydrogen) atoms. The highest BCUT2D eigenvalue weighted by Gasteiger charge is 2.40. The molecule has 7 heteroatoms. The quantitative estimate of drug-likeness (QED) is 0.715. The third-order valence-electron chi connectivity index (χ3n) is 6.34. The number of nitrogens with one attached hydrogen (secondary N) is 2. The molecule has 2 bridgehead atoms. The van der Waals surface area contributed by atoms with Gasteiger partial charge in [0.1, 0.15) is 0 Å². The van der Waals surface area contributed by atoms with Gasteiger partial charge >= 0.3 is 0 Å². The number of carbonyl (C=O) groups is 1. The molecular formula is C20H29N3O3S. The minimum atomic E-state index is -3.57. The summed E-state index contributed by atoms with van der Waals surface area (Å²) in [6.45, 7) is 1.84.